The zero-order valence-corrected chi connectivity index (χ0v) is 16.9. The van der Waals surface area contributed by atoms with E-state index in [1.54, 1.807) is 30.6 Å². The van der Waals surface area contributed by atoms with Crippen LogP contribution in [0.4, 0.5) is 5.69 Å². The van der Waals surface area contributed by atoms with E-state index >= 15 is 0 Å². The third-order valence-electron chi connectivity index (χ3n) is 4.06. The molecule has 9 heteroatoms. The minimum Gasteiger partial charge on any atom is -0.326 e. The summed E-state index contributed by atoms with van der Waals surface area (Å²) in [4.78, 5) is 12.3. The van der Waals surface area contributed by atoms with Crippen molar-refractivity contribution in [3.8, 4) is 5.69 Å². The number of amides is 1. The number of carbonyl (C=O) groups excluding carboxylic acids is 1. The molecular formula is C19H19ClN4O3S. The molecule has 3 aromatic rings. The number of primary sulfonamides is 1. The number of aryl methyl sites for hydroxylation is 2. The van der Waals surface area contributed by atoms with Crippen molar-refractivity contribution >= 4 is 33.2 Å². The molecule has 0 atom stereocenters. The summed E-state index contributed by atoms with van der Waals surface area (Å²) in [6, 6.07) is 9.88. The first-order valence-corrected chi connectivity index (χ1v) is 10.3. The van der Waals surface area contributed by atoms with E-state index in [4.69, 9.17) is 16.7 Å². The van der Waals surface area contributed by atoms with Crippen LogP contribution in [0.5, 0.6) is 0 Å². The van der Waals surface area contributed by atoms with Crippen molar-refractivity contribution in [1.82, 2.24) is 9.78 Å². The highest BCUT2D eigenvalue weighted by molar-refractivity contribution is 7.89. The Morgan fingerprint density at radius 3 is 2.57 bits per heavy atom. The van der Waals surface area contributed by atoms with Crippen molar-refractivity contribution < 1.29 is 13.2 Å². The maximum atomic E-state index is 12.4. The third-order valence-corrected chi connectivity index (χ3v) is 5.37. The molecule has 3 rings (SSSR count). The molecule has 0 aliphatic heterocycles. The van der Waals surface area contributed by atoms with Gasteiger partial charge in [-0.25, -0.2) is 18.2 Å². The van der Waals surface area contributed by atoms with Gasteiger partial charge in [0.05, 0.1) is 18.3 Å². The van der Waals surface area contributed by atoms with Crippen LogP contribution in [0.25, 0.3) is 5.69 Å². The number of nitrogens with one attached hydrogen (secondary N) is 1. The zero-order valence-electron chi connectivity index (χ0n) is 15.3. The Morgan fingerprint density at radius 1 is 1.18 bits per heavy atom. The molecule has 0 unspecified atom stereocenters. The lowest BCUT2D eigenvalue weighted by atomic mass is 10.1. The van der Waals surface area contributed by atoms with Gasteiger partial charge in [0.15, 0.2) is 0 Å². The van der Waals surface area contributed by atoms with Crippen LogP contribution in [0, 0.1) is 13.8 Å². The van der Waals surface area contributed by atoms with Crippen LogP contribution in [0.3, 0.4) is 0 Å². The number of aromatic nitrogens is 2. The van der Waals surface area contributed by atoms with Crippen molar-refractivity contribution in [3.05, 3.63) is 70.5 Å². The Balaban J connectivity index is 1.88. The SMILES string of the molecule is Cc1ccc(Cl)c(CC(=O)Nc2ccc(-n3cc(C)cn3)c(S(N)(=O)=O)c2)c1. The molecule has 0 aliphatic carbocycles. The van der Waals surface area contributed by atoms with E-state index in [0.717, 1.165) is 11.1 Å². The van der Waals surface area contributed by atoms with Crippen LogP contribution in [0.1, 0.15) is 16.7 Å². The maximum Gasteiger partial charge on any atom is 0.240 e. The number of rotatable bonds is 5. The van der Waals surface area contributed by atoms with Gasteiger partial charge in [-0.15, -0.1) is 0 Å². The van der Waals surface area contributed by atoms with Gasteiger partial charge in [0, 0.05) is 16.9 Å². The fraction of sp³-hybridized carbons (Fsp3) is 0.158. The summed E-state index contributed by atoms with van der Waals surface area (Å²) in [6.45, 7) is 3.75. The summed E-state index contributed by atoms with van der Waals surface area (Å²) in [5.74, 6) is -0.324. The molecule has 0 spiro atoms. The van der Waals surface area contributed by atoms with Crippen LogP contribution in [0.15, 0.2) is 53.7 Å². The smallest absolute Gasteiger partial charge is 0.240 e. The molecule has 3 N–H and O–H groups in total. The number of hydrogen-bond acceptors (Lipinski definition) is 4. The van der Waals surface area contributed by atoms with E-state index in [1.807, 2.05) is 26.0 Å². The van der Waals surface area contributed by atoms with Gasteiger partial charge < -0.3 is 5.32 Å². The average Bonchev–Trinajstić information content (AvgIpc) is 3.03. The fourth-order valence-corrected chi connectivity index (χ4v) is 3.70. The van der Waals surface area contributed by atoms with Crippen molar-refractivity contribution in [2.75, 3.05) is 5.32 Å². The van der Waals surface area contributed by atoms with E-state index in [2.05, 4.69) is 10.4 Å². The summed E-state index contributed by atoms with van der Waals surface area (Å²) in [5, 5.41) is 12.7. The zero-order chi connectivity index (χ0) is 20.5. The molecule has 0 aliphatic rings. The second-order valence-corrected chi connectivity index (χ2v) is 8.45. The number of benzene rings is 2. The van der Waals surface area contributed by atoms with Gasteiger partial charge in [-0.3, -0.25) is 4.79 Å². The standard InChI is InChI=1S/C19H19ClN4O3S/c1-12-3-5-16(20)14(7-12)8-19(25)23-15-4-6-17(18(9-15)28(21,26)27)24-11-13(2)10-22-24/h3-7,9-11H,8H2,1-2H3,(H,23,25)(H2,21,26,27). The highest BCUT2D eigenvalue weighted by atomic mass is 35.5. The molecule has 146 valence electrons. The molecule has 0 fully saturated rings. The van der Waals surface area contributed by atoms with Crippen LogP contribution >= 0.6 is 11.6 Å². The van der Waals surface area contributed by atoms with Crippen molar-refractivity contribution in [1.29, 1.82) is 0 Å². The number of carbonyl (C=O) groups is 1. The van der Waals surface area contributed by atoms with E-state index in [1.165, 1.54) is 10.7 Å². The van der Waals surface area contributed by atoms with Crippen molar-refractivity contribution in [2.45, 2.75) is 25.2 Å². The lowest BCUT2D eigenvalue weighted by Crippen LogP contribution is -2.18. The van der Waals surface area contributed by atoms with Gasteiger partial charge in [0.1, 0.15) is 4.90 Å². The first-order chi connectivity index (χ1) is 13.1. The van der Waals surface area contributed by atoms with Gasteiger partial charge in [0.25, 0.3) is 0 Å². The van der Waals surface area contributed by atoms with E-state index in [-0.39, 0.29) is 17.2 Å². The Kier molecular flexibility index (Phi) is 5.55. The monoisotopic (exact) mass is 418 g/mol. The minimum absolute atomic E-state index is 0.0608. The molecule has 2 aromatic carbocycles. The summed E-state index contributed by atoms with van der Waals surface area (Å²) in [6.07, 6.45) is 3.35. The Labute approximate surface area is 168 Å². The Morgan fingerprint density at radius 2 is 1.93 bits per heavy atom. The van der Waals surface area contributed by atoms with Crippen molar-refractivity contribution in [3.63, 3.8) is 0 Å². The van der Waals surface area contributed by atoms with Gasteiger partial charge >= 0.3 is 0 Å². The normalized spacial score (nSPS) is 11.4. The predicted molar refractivity (Wildman–Crippen MR) is 108 cm³/mol. The lowest BCUT2D eigenvalue weighted by Gasteiger charge is -2.12. The van der Waals surface area contributed by atoms with Gasteiger partial charge in [-0.05, 0) is 49.2 Å². The van der Waals surface area contributed by atoms with E-state index < -0.39 is 10.0 Å². The fourth-order valence-electron chi connectivity index (χ4n) is 2.77. The Hall–Kier alpha value is -2.68. The molecule has 1 aromatic heterocycles. The van der Waals surface area contributed by atoms with Crippen LogP contribution in [-0.2, 0) is 21.2 Å². The van der Waals surface area contributed by atoms with Gasteiger partial charge in [0.2, 0.25) is 15.9 Å². The van der Waals surface area contributed by atoms with Crippen LogP contribution in [0.2, 0.25) is 5.02 Å². The number of anilines is 1. The van der Waals surface area contributed by atoms with E-state index in [0.29, 0.717) is 22.0 Å². The van der Waals surface area contributed by atoms with Gasteiger partial charge in [-0.2, -0.15) is 5.10 Å². The van der Waals surface area contributed by atoms with Crippen LogP contribution in [-0.4, -0.2) is 24.1 Å². The maximum absolute atomic E-state index is 12.4. The number of sulfonamides is 1. The second kappa shape index (κ2) is 7.75. The third kappa shape index (κ3) is 4.59. The molecule has 0 bridgehead atoms. The topological polar surface area (TPSA) is 107 Å². The quantitative estimate of drug-likeness (QED) is 0.664. The molecule has 7 nitrogen and oxygen atoms in total. The Bertz CT molecular complexity index is 1160. The molecule has 1 heterocycles. The summed E-state index contributed by atoms with van der Waals surface area (Å²) < 4.78 is 25.5. The highest BCUT2D eigenvalue weighted by Crippen LogP contribution is 2.24. The molecule has 1 amide bonds. The number of halogens is 1. The first kappa shape index (κ1) is 20.1. The summed E-state index contributed by atoms with van der Waals surface area (Å²) >= 11 is 6.13. The number of nitrogens with two attached hydrogens (primary N) is 1. The second-order valence-electron chi connectivity index (χ2n) is 6.51. The predicted octanol–water partition coefficient (Wildman–Crippen LogP) is 2.97. The number of hydrogen-bond donors (Lipinski definition) is 2. The number of nitrogens with zero attached hydrogens (tertiary/aromatic N) is 2. The molecule has 0 saturated heterocycles. The minimum atomic E-state index is -4.04. The van der Waals surface area contributed by atoms with Crippen LogP contribution < -0.4 is 10.5 Å². The first-order valence-electron chi connectivity index (χ1n) is 8.37. The molecule has 28 heavy (non-hydrogen) atoms. The highest BCUT2D eigenvalue weighted by Gasteiger charge is 2.18. The summed E-state index contributed by atoms with van der Waals surface area (Å²) in [7, 11) is -4.04. The molecule has 0 saturated carbocycles. The van der Waals surface area contributed by atoms with E-state index in [9.17, 15) is 13.2 Å². The van der Waals surface area contributed by atoms with Gasteiger partial charge in [-0.1, -0.05) is 29.3 Å². The largest absolute Gasteiger partial charge is 0.326 e. The average molecular weight is 419 g/mol. The molecular weight excluding hydrogens is 400 g/mol. The summed E-state index contributed by atoms with van der Waals surface area (Å²) in [5.41, 5.74) is 3.16. The lowest BCUT2D eigenvalue weighted by molar-refractivity contribution is -0.115. The molecule has 0 radical (unpaired) electrons. The van der Waals surface area contributed by atoms with Crippen molar-refractivity contribution in [2.24, 2.45) is 5.14 Å².